The largest absolute Gasteiger partial charge is 0.421 e. The zero-order valence-electron chi connectivity index (χ0n) is 13.3. The average molecular weight is 301 g/mol. The lowest BCUT2D eigenvalue weighted by molar-refractivity contribution is -0.121. The summed E-state index contributed by atoms with van der Waals surface area (Å²) in [6, 6.07) is 7.91. The van der Waals surface area contributed by atoms with Crippen LogP contribution in [0.15, 0.2) is 28.7 Å². The van der Waals surface area contributed by atoms with Gasteiger partial charge in [0.25, 0.3) is 0 Å². The number of rotatable bonds is 8. The summed E-state index contributed by atoms with van der Waals surface area (Å²) in [6.45, 7) is 4.90. The summed E-state index contributed by atoms with van der Waals surface area (Å²) in [5.74, 6) is 1.04. The van der Waals surface area contributed by atoms with Crippen LogP contribution in [0.3, 0.4) is 0 Å². The minimum atomic E-state index is 0.0337. The molecule has 5 heteroatoms. The van der Waals surface area contributed by atoms with Gasteiger partial charge in [0.15, 0.2) is 0 Å². The van der Waals surface area contributed by atoms with E-state index < -0.39 is 0 Å². The average Bonchev–Trinajstić information content (AvgIpc) is 2.98. The molecule has 1 heterocycles. The first kappa shape index (κ1) is 16.2. The molecule has 0 saturated heterocycles. The summed E-state index contributed by atoms with van der Waals surface area (Å²) in [5.41, 5.74) is 2.05. The summed E-state index contributed by atoms with van der Waals surface area (Å²) in [5, 5.41) is 11.0. The molecule has 0 radical (unpaired) electrons. The van der Waals surface area contributed by atoms with Crippen molar-refractivity contribution >= 4 is 5.91 Å². The van der Waals surface area contributed by atoms with Crippen LogP contribution < -0.4 is 5.32 Å². The summed E-state index contributed by atoms with van der Waals surface area (Å²) >= 11 is 0. The van der Waals surface area contributed by atoms with Gasteiger partial charge in [0.05, 0.1) is 0 Å². The number of aromatic nitrogens is 2. The molecule has 1 amide bonds. The fraction of sp³-hybridized carbons (Fsp3) is 0.471. The predicted octanol–water partition coefficient (Wildman–Crippen LogP) is 3.28. The van der Waals surface area contributed by atoms with Crippen LogP contribution >= 0.6 is 0 Å². The third kappa shape index (κ3) is 4.98. The summed E-state index contributed by atoms with van der Waals surface area (Å²) < 4.78 is 5.62. The van der Waals surface area contributed by atoms with E-state index in [9.17, 15) is 4.79 Å². The Kier molecular flexibility index (Phi) is 6.13. The van der Waals surface area contributed by atoms with Gasteiger partial charge < -0.3 is 9.73 Å². The van der Waals surface area contributed by atoms with Crippen molar-refractivity contribution in [3.63, 3.8) is 0 Å². The molecule has 22 heavy (non-hydrogen) atoms. The smallest absolute Gasteiger partial charge is 0.247 e. The first-order chi connectivity index (χ1) is 10.7. The van der Waals surface area contributed by atoms with Crippen LogP contribution in [0, 0.1) is 6.92 Å². The SMILES string of the molecule is CCCCCNC(=O)CCc1nnc(-c2cccc(C)c2)o1. The summed E-state index contributed by atoms with van der Waals surface area (Å²) in [4.78, 5) is 11.7. The first-order valence-electron chi connectivity index (χ1n) is 7.85. The molecule has 1 N–H and O–H groups in total. The Morgan fingerprint density at radius 1 is 1.27 bits per heavy atom. The predicted molar refractivity (Wildman–Crippen MR) is 85.3 cm³/mol. The number of hydrogen-bond donors (Lipinski definition) is 1. The molecule has 2 rings (SSSR count). The number of carbonyl (C=O) groups is 1. The molecule has 1 aromatic carbocycles. The second kappa shape index (κ2) is 8.32. The fourth-order valence-electron chi connectivity index (χ4n) is 2.16. The van der Waals surface area contributed by atoms with Crippen LogP contribution in [0.4, 0.5) is 0 Å². The van der Waals surface area contributed by atoms with E-state index in [2.05, 4.69) is 22.4 Å². The normalized spacial score (nSPS) is 10.6. The van der Waals surface area contributed by atoms with E-state index in [-0.39, 0.29) is 5.91 Å². The van der Waals surface area contributed by atoms with E-state index in [4.69, 9.17) is 4.42 Å². The quantitative estimate of drug-likeness (QED) is 0.760. The molecule has 0 saturated carbocycles. The highest BCUT2D eigenvalue weighted by Gasteiger charge is 2.10. The molecule has 2 aromatic rings. The number of nitrogens with one attached hydrogen (secondary N) is 1. The van der Waals surface area contributed by atoms with E-state index in [0.29, 0.717) is 24.6 Å². The standard InChI is InChI=1S/C17H23N3O2/c1-3-4-5-11-18-15(21)9-10-16-19-20-17(22-16)14-8-6-7-13(2)12-14/h6-8,12H,3-5,9-11H2,1-2H3,(H,18,21). The second-order valence-electron chi connectivity index (χ2n) is 5.43. The van der Waals surface area contributed by atoms with Gasteiger partial charge in [-0.05, 0) is 25.5 Å². The fourth-order valence-corrected chi connectivity index (χ4v) is 2.16. The molecular formula is C17H23N3O2. The van der Waals surface area contributed by atoms with E-state index in [1.54, 1.807) is 0 Å². The van der Waals surface area contributed by atoms with Crippen molar-refractivity contribution in [2.24, 2.45) is 0 Å². The van der Waals surface area contributed by atoms with Crippen molar-refractivity contribution in [3.05, 3.63) is 35.7 Å². The Labute approximate surface area is 131 Å². The summed E-state index contributed by atoms with van der Waals surface area (Å²) in [6.07, 6.45) is 4.17. The number of carbonyl (C=O) groups excluding carboxylic acids is 1. The topological polar surface area (TPSA) is 68.0 Å². The van der Waals surface area contributed by atoms with Gasteiger partial charge in [-0.2, -0.15) is 0 Å². The van der Waals surface area contributed by atoms with Crippen molar-refractivity contribution in [3.8, 4) is 11.5 Å². The molecule has 5 nitrogen and oxygen atoms in total. The third-order valence-corrected chi connectivity index (χ3v) is 3.40. The van der Waals surface area contributed by atoms with Crippen molar-refractivity contribution < 1.29 is 9.21 Å². The van der Waals surface area contributed by atoms with Crippen molar-refractivity contribution in [2.75, 3.05) is 6.54 Å². The highest BCUT2D eigenvalue weighted by Crippen LogP contribution is 2.19. The van der Waals surface area contributed by atoms with Gasteiger partial charge in [0, 0.05) is 24.9 Å². The number of unbranched alkanes of at least 4 members (excludes halogenated alkanes) is 2. The van der Waals surface area contributed by atoms with Gasteiger partial charge in [0.2, 0.25) is 17.7 Å². The van der Waals surface area contributed by atoms with Crippen LogP contribution in [0.2, 0.25) is 0 Å². The zero-order chi connectivity index (χ0) is 15.8. The Morgan fingerprint density at radius 3 is 2.91 bits per heavy atom. The Balaban J connectivity index is 1.81. The number of benzene rings is 1. The van der Waals surface area contributed by atoms with E-state index in [1.165, 1.54) is 0 Å². The number of nitrogens with zero attached hydrogens (tertiary/aromatic N) is 2. The highest BCUT2D eigenvalue weighted by atomic mass is 16.4. The number of amides is 1. The molecule has 0 aliphatic heterocycles. The zero-order valence-corrected chi connectivity index (χ0v) is 13.3. The lowest BCUT2D eigenvalue weighted by atomic mass is 10.1. The van der Waals surface area contributed by atoms with Crippen molar-refractivity contribution in [1.29, 1.82) is 0 Å². The minimum Gasteiger partial charge on any atom is -0.421 e. The Hall–Kier alpha value is -2.17. The van der Waals surface area contributed by atoms with Crippen LogP contribution in [0.1, 0.15) is 44.1 Å². The molecule has 0 unspecified atom stereocenters. The van der Waals surface area contributed by atoms with Gasteiger partial charge in [-0.15, -0.1) is 10.2 Å². The van der Waals surface area contributed by atoms with Crippen LogP contribution in [0.5, 0.6) is 0 Å². The molecule has 0 fully saturated rings. The maximum Gasteiger partial charge on any atom is 0.247 e. The molecule has 0 aliphatic carbocycles. The molecule has 0 bridgehead atoms. The first-order valence-corrected chi connectivity index (χ1v) is 7.85. The number of hydrogen-bond acceptors (Lipinski definition) is 4. The molecule has 118 valence electrons. The maximum atomic E-state index is 11.7. The second-order valence-corrected chi connectivity index (χ2v) is 5.43. The lowest BCUT2D eigenvalue weighted by Gasteiger charge is -2.02. The monoisotopic (exact) mass is 301 g/mol. The Morgan fingerprint density at radius 2 is 2.14 bits per heavy atom. The molecular weight excluding hydrogens is 278 g/mol. The third-order valence-electron chi connectivity index (χ3n) is 3.40. The highest BCUT2D eigenvalue weighted by molar-refractivity contribution is 5.75. The maximum absolute atomic E-state index is 11.7. The van der Waals surface area contributed by atoms with E-state index >= 15 is 0 Å². The molecule has 1 aromatic heterocycles. The Bertz CT molecular complexity index is 607. The lowest BCUT2D eigenvalue weighted by Crippen LogP contribution is -2.24. The van der Waals surface area contributed by atoms with Gasteiger partial charge >= 0.3 is 0 Å². The van der Waals surface area contributed by atoms with Crippen molar-refractivity contribution in [2.45, 2.75) is 46.0 Å². The van der Waals surface area contributed by atoms with E-state index in [0.717, 1.165) is 36.9 Å². The van der Waals surface area contributed by atoms with Gasteiger partial charge in [-0.3, -0.25) is 4.79 Å². The van der Waals surface area contributed by atoms with E-state index in [1.807, 2.05) is 31.2 Å². The van der Waals surface area contributed by atoms with Crippen LogP contribution in [-0.2, 0) is 11.2 Å². The van der Waals surface area contributed by atoms with Crippen LogP contribution in [0.25, 0.3) is 11.5 Å². The number of aryl methyl sites for hydroxylation is 2. The minimum absolute atomic E-state index is 0.0337. The molecule has 0 atom stereocenters. The summed E-state index contributed by atoms with van der Waals surface area (Å²) in [7, 11) is 0. The molecule has 0 spiro atoms. The van der Waals surface area contributed by atoms with Gasteiger partial charge in [-0.25, -0.2) is 0 Å². The van der Waals surface area contributed by atoms with Gasteiger partial charge in [0.1, 0.15) is 0 Å². The van der Waals surface area contributed by atoms with Crippen LogP contribution in [-0.4, -0.2) is 22.6 Å². The van der Waals surface area contributed by atoms with Crippen molar-refractivity contribution in [1.82, 2.24) is 15.5 Å². The van der Waals surface area contributed by atoms with Gasteiger partial charge in [-0.1, -0.05) is 37.5 Å². The molecule has 0 aliphatic rings.